The summed E-state index contributed by atoms with van der Waals surface area (Å²) in [6.07, 6.45) is -4.37. The Morgan fingerprint density at radius 3 is 2.60 bits per heavy atom. The van der Waals surface area contributed by atoms with Crippen LogP contribution in [-0.2, 0) is 9.53 Å². The minimum Gasteiger partial charge on any atom is -0.481 e. The second kappa shape index (κ2) is 4.83. The molecule has 0 radical (unpaired) electrons. The second-order valence-corrected chi connectivity index (χ2v) is 3.72. The van der Waals surface area contributed by atoms with Crippen molar-refractivity contribution in [3.8, 4) is 0 Å². The highest BCUT2D eigenvalue weighted by atomic mass is 19.4. The lowest BCUT2D eigenvalue weighted by Crippen LogP contribution is -2.36. The molecule has 1 heterocycles. The summed E-state index contributed by atoms with van der Waals surface area (Å²) in [5, 5.41) is 8.44. The number of hydrogen-bond donors (Lipinski definition) is 1. The van der Waals surface area contributed by atoms with E-state index in [1.165, 1.54) is 0 Å². The molecule has 3 nitrogen and oxygen atoms in total. The predicted molar refractivity (Wildman–Crippen MR) is 45.3 cm³/mol. The fourth-order valence-corrected chi connectivity index (χ4v) is 1.82. The summed E-state index contributed by atoms with van der Waals surface area (Å²) in [7, 11) is 0. The molecular formula is C9H13F3O3. The first-order chi connectivity index (χ1) is 6.91. The summed E-state index contributed by atoms with van der Waals surface area (Å²) in [6, 6.07) is 0. The molecule has 0 spiro atoms. The third-order valence-electron chi connectivity index (χ3n) is 2.58. The van der Waals surface area contributed by atoms with Crippen molar-refractivity contribution in [3.05, 3.63) is 0 Å². The fraction of sp³-hybridized carbons (Fsp3) is 0.889. The average molecular weight is 226 g/mol. The molecule has 0 bridgehead atoms. The van der Waals surface area contributed by atoms with Crippen molar-refractivity contribution in [1.82, 2.24) is 0 Å². The Bertz CT molecular complexity index is 221. The molecule has 0 aromatic carbocycles. The zero-order valence-corrected chi connectivity index (χ0v) is 8.09. The van der Waals surface area contributed by atoms with Gasteiger partial charge in [-0.15, -0.1) is 0 Å². The smallest absolute Gasteiger partial charge is 0.392 e. The van der Waals surface area contributed by atoms with Crippen molar-refractivity contribution < 1.29 is 27.8 Å². The largest absolute Gasteiger partial charge is 0.481 e. The molecule has 1 saturated heterocycles. The Hall–Kier alpha value is -0.780. The molecule has 1 rings (SSSR count). The van der Waals surface area contributed by atoms with Crippen LogP contribution in [0, 0.1) is 11.8 Å². The number of aliphatic carboxylic acids is 1. The van der Waals surface area contributed by atoms with Crippen molar-refractivity contribution >= 4 is 5.97 Å². The number of carbonyl (C=O) groups is 1. The van der Waals surface area contributed by atoms with E-state index in [0.29, 0.717) is 19.4 Å². The van der Waals surface area contributed by atoms with Gasteiger partial charge in [-0.05, 0) is 18.8 Å². The zero-order valence-electron chi connectivity index (χ0n) is 8.09. The fourth-order valence-electron chi connectivity index (χ4n) is 1.82. The predicted octanol–water partition coefficient (Wildman–Crippen LogP) is 2.07. The molecule has 1 aliphatic rings. The van der Waals surface area contributed by atoms with Crippen LogP contribution in [0.1, 0.15) is 19.3 Å². The van der Waals surface area contributed by atoms with Crippen LogP contribution in [0.2, 0.25) is 0 Å². The topological polar surface area (TPSA) is 46.5 Å². The van der Waals surface area contributed by atoms with Gasteiger partial charge in [0.1, 0.15) is 0 Å². The summed E-state index contributed by atoms with van der Waals surface area (Å²) in [6.45, 7) is 0.478. The Morgan fingerprint density at radius 1 is 1.53 bits per heavy atom. The molecule has 0 aromatic rings. The van der Waals surface area contributed by atoms with E-state index >= 15 is 0 Å². The van der Waals surface area contributed by atoms with Gasteiger partial charge in [-0.3, -0.25) is 4.79 Å². The van der Waals surface area contributed by atoms with Gasteiger partial charge in [0.2, 0.25) is 0 Å². The standard InChI is InChI=1S/C9H13F3O3/c10-9(11,12)7(4-8(13)14)6-2-1-3-15-5-6/h6-7H,1-5H2,(H,13,14). The summed E-state index contributed by atoms with van der Waals surface area (Å²) in [5.74, 6) is -3.91. The average Bonchev–Trinajstić information content (AvgIpc) is 2.14. The van der Waals surface area contributed by atoms with Gasteiger partial charge in [-0.2, -0.15) is 13.2 Å². The lowest BCUT2D eigenvalue weighted by Gasteiger charge is -2.30. The van der Waals surface area contributed by atoms with E-state index in [-0.39, 0.29) is 6.61 Å². The number of alkyl halides is 3. The van der Waals surface area contributed by atoms with Crippen LogP contribution >= 0.6 is 0 Å². The lowest BCUT2D eigenvalue weighted by atomic mass is 9.85. The van der Waals surface area contributed by atoms with E-state index in [9.17, 15) is 18.0 Å². The quantitative estimate of drug-likeness (QED) is 0.801. The highest BCUT2D eigenvalue weighted by Crippen LogP contribution is 2.38. The van der Waals surface area contributed by atoms with Crippen molar-refractivity contribution in [2.45, 2.75) is 25.4 Å². The second-order valence-electron chi connectivity index (χ2n) is 3.72. The molecule has 2 unspecified atom stereocenters. The third-order valence-corrected chi connectivity index (χ3v) is 2.58. The van der Waals surface area contributed by atoms with Gasteiger partial charge in [0, 0.05) is 13.2 Å². The zero-order chi connectivity index (χ0) is 11.5. The van der Waals surface area contributed by atoms with E-state index in [4.69, 9.17) is 9.84 Å². The molecule has 88 valence electrons. The molecule has 0 saturated carbocycles. The molecule has 0 aromatic heterocycles. The van der Waals surface area contributed by atoms with Crippen molar-refractivity contribution in [3.63, 3.8) is 0 Å². The Labute approximate surface area is 85.2 Å². The number of halogens is 3. The molecule has 2 atom stereocenters. The summed E-state index contributed by atoms with van der Waals surface area (Å²) in [4.78, 5) is 10.4. The number of ether oxygens (including phenoxy) is 1. The van der Waals surface area contributed by atoms with Gasteiger partial charge in [0.15, 0.2) is 0 Å². The molecular weight excluding hydrogens is 213 g/mol. The van der Waals surface area contributed by atoms with Crippen molar-refractivity contribution in [2.75, 3.05) is 13.2 Å². The van der Waals surface area contributed by atoms with E-state index < -0.39 is 30.4 Å². The van der Waals surface area contributed by atoms with Gasteiger partial charge in [-0.1, -0.05) is 0 Å². The lowest BCUT2D eigenvalue weighted by molar-refractivity contribution is -0.204. The molecule has 0 amide bonds. The maximum atomic E-state index is 12.5. The number of carboxylic acid groups (broad SMARTS) is 1. The van der Waals surface area contributed by atoms with E-state index in [1.54, 1.807) is 0 Å². The van der Waals surface area contributed by atoms with Crippen LogP contribution in [-0.4, -0.2) is 30.5 Å². The van der Waals surface area contributed by atoms with Gasteiger partial charge in [0.05, 0.1) is 12.3 Å². The van der Waals surface area contributed by atoms with Crippen LogP contribution < -0.4 is 0 Å². The van der Waals surface area contributed by atoms with Gasteiger partial charge >= 0.3 is 12.1 Å². The highest BCUT2D eigenvalue weighted by molar-refractivity contribution is 5.67. The van der Waals surface area contributed by atoms with Crippen molar-refractivity contribution in [1.29, 1.82) is 0 Å². The summed E-state index contributed by atoms with van der Waals surface area (Å²) >= 11 is 0. The molecule has 6 heteroatoms. The van der Waals surface area contributed by atoms with Gasteiger partial charge < -0.3 is 9.84 Å². The normalized spacial score (nSPS) is 24.9. The number of rotatable bonds is 3. The number of hydrogen-bond acceptors (Lipinski definition) is 2. The third kappa shape index (κ3) is 3.70. The van der Waals surface area contributed by atoms with E-state index in [0.717, 1.165) is 0 Å². The molecule has 1 fully saturated rings. The van der Waals surface area contributed by atoms with Gasteiger partial charge in [0.25, 0.3) is 0 Å². The van der Waals surface area contributed by atoms with Gasteiger partial charge in [-0.25, -0.2) is 0 Å². The molecule has 0 aliphatic carbocycles. The first-order valence-corrected chi connectivity index (χ1v) is 4.77. The first-order valence-electron chi connectivity index (χ1n) is 4.77. The molecule has 15 heavy (non-hydrogen) atoms. The summed E-state index contributed by atoms with van der Waals surface area (Å²) in [5.41, 5.74) is 0. The molecule has 1 aliphatic heterocycles. The SMILES string of the molecule is O=C(O)CC(C1CCCOC1)C(F)(F)F. The monoisotopic (exact) mass is 226 g/mol. The minimum absolute atomic E-state index is 0.0114. The van der Waals surface area contributed by atoms with Crippen LogP contribution in [0.4, 0.5) is 13.2 Å². The first kappa shape index (κ1) is 12.3. The number of carboxylic acids is 1. The highest BCUT2D eigenvalue weighted by Gasteiger charge is 2.46. The van der Waals surface area contributed by atoms with E-state index in [1.807, 2.05) is 0 Å². The van der Waals surface area contributed by atoms with Crippen molar-refractivity contribution in [2.24, 2.45) is 11.8 Å². The van der Waals surface area contributed by atoms with Crippen LogP contribution in [0.25, 0.3) is 0 Å². The van der Waals surface area contributed by atoms with Crippen LogP contribution in [0.5, 0.6) is 0 Å². The minimum atomic E-state index is -4.45. The van der Waals surface area contributed by atoms with Crippen LogP contribution in [0.3, 0.4) is 0 Å². The Kier molecular flexibility index (Phi) is 3.96. The Morgan fingerprint density at radius 2 is 2.20 bits per heavy atom. The maximum Gasteiger partial charge on any atom is 0.392 e. The Balaban J connectivity index is 2.66. The maximum absolute atomic E-state index is 12.5. The van der Waals surface area contributed by atoms with E-state index in [2.05, 4.69) is 0 Å². The summed E-state index contributed by atoms with van der Waals surface area (Å²) < 4.78 is 42.6. The van der Waals surface area contributed by atoms with Crippen LogP contribution in [0.15, 0.2) is 0 Å². The molecule has 1 N–H and O–H groups in total.